The van der Waals surface area contributed by atoms with Gasteiger partial charge in [0.2, 0.25) is 0 Å². The normalized spacial score (nSPS) is 39.0. The van der Waals surface area contributed by atoms with E-state index >= 15 is 0 Å². The van der Waals surface area contributed by atoms with Gasteiger partial charge in [0.25, 0.3) is 0 Å². The fourth-order valence-electron chi connectivity index (χ4n) is 2.72. The summed E-state index contributed by atoms with van der Waals surface area (Å²) >= 11 is 0. The maximum Gasteiger partial charge on any atom is 0.0254 e. The van der Waals surface area contributed by atoms with Gasteiger partial charge < -0.3 is 10.2 Å². The van der Waals surface area contributed by atoms with Crippen LogP contribution in [-0.4, -0.2) is 61.7 Å². The van der Waals surface area contributed by atoms with Gasteiger partial charge in [-0.2, -0.15) is 0 Å². The Kier molecular flexibility index (Phi) is 3.10. The van der Waals surface area contributed by atoms with Crippen LogP contribution in [-0.2, 0) is 0 Å². The molecule has 0 radical (unpaired) electrons. The number of rotatable bonds is 3. The lowest BCUT2D eigenvalue weighted by Crippen LogP contribution is -2.52. The highest BCUT2D eigenvalue weighted by atomic mass is 15.3. The Morgan fingerprint density at radius 1 is 1.36 bits per heavy atom. The second-order valence-electron chi connectivity index (χ2n) is 4.99. The van der Waals surface area contributed by atoms with Gasteiger partial charge in [0, 0.05) is 31.2 Å². The largest absolute Gasteiger partial charge is 0.313 e. The third kappa shape index (κ3) is 1.95. The summed E-state index contributed by atoms with van der Waals surface area (Å²) in [6.07, 6.45) is 2.71. The standard InChI is InChI=1S/C11H23N3/c1-9-11(13(2)3)5-7-14(9)8-10-4-6-12-10/h9-12H,4-8H2,1-3H3. The van der Waals surface area contributed by atoms with Crippen LogP contribution in [0.15, 0.2) is 0 Å². The summed E-state index contributed by atoms with van der Waals surface area (Å²) < 4.78 is 0. The lowest BCUT2D eigenvalue weighted by molar-refractivity contribution is 0.167. The van der Waals surface area contributed by atoms with E-state index in [-0.39, 0.29) is 0 Å². The van der Waals surface area contributed by atoms with Crippen molar-refractivity contribution in [1.29, 1.82) is 0 Å². The topological polar surface area (TPSA) is 18.5 Å². The summed E-state index contributed by atoms with van der Waals surface area (Å²) in [6, 6.07) is 2.26. The van der Waals surface area contributed by atoms with Gasteiger partial charge in [0.05, 0.1) is 0 Å². The lowest BCUT2D eigenvalue weighted by Gasteiger charge is -2.35. The van der Waals surface area contributed by atoms with Gasteiger partial charge in [0.1, 0.15) is 0 Å². The second kappa shape index (κ2) is 4.17. The molecule has 3 atom stereocenters. The Labute approximate surface area is 87.4 Å². The predicted molar refractivity (Wildman–Crippen MR) is 59.5 cm³/mol. The summed E-state index contributed by atoms with van der Waals surface area (Å²) in [5.41, 5.74) is 0. The van der Waals surface area contributed by atoms with Crippen molar-refractivity contribution in [2.24, 2.45) is 0 Å². The molecule has 2 saturated heterocycles. The van der Waals surface area contributed by atoms with Gasteiger partial charge in [-0.15, -0.1) is 0 Å². The van der Waals surface area contributed by atoms with E-state index in [2.05, 4.69) is 36.1 Å². The molecular weight excluding hydrogens is 174 g/mol. The monoisotopic (exact) mass is 197 g/mol. The smallest absolute Gasteiger partial charge is 0.0254 e. The highest BCUT2D eigenvalue weighted by Gasteiger charge is 2.33. The number of likely N-dealkylation sites (N-methyl/N-ethyl adjacent to an activating group) is 1. The molecule has 0 aliphatic carbocycles. The van der Waals surface area contributed by atoms with Crippen LogP contribution in [0, 0.1) is 0 Å². The van der Waals surface area contributed by atoms with Gasteiger partial charge in [-0.25, -0.2) is 0 Å². The fourth-order valence-corrected chi connectivity index (χ4v) is 2.72. The Morgan fingerprint density at radius 2 is 2.07 bits per heavy atom. The Bertz CT molecular complexity index is 189. The number of likely N-dealkylation sites (tertiary alicyclic amines) is 1. The van der Waals surface area contributed by atoms with Crippen molar-refractivity contribution in [2.45, 2.75) is 37.9 Å². The number of nitrogens with one attached hydrogen (secondary N) is 1. The molecule has 0 saturated carbocycles. The molecule has 2 rings (SSSR count). The first-order chi connectivity index (χ1) is 6.68. The number of hydrogen-bond donors (Lipinski definition) is 1. The Balaban J connectivity index is 1.83. The minimum atomic E-state index is 0.729. The van der Waals surface area contributed by atoms with Crippen molar-refractivity contribution >= 4 is 0 Å². The van der Waals surface area contributed by atoms with E-state index in [0.717, 1.165) is 18.1 Å². The van der Waals surface area contributed by atoms with Crippen molar-refractivity contribution in [2.75, 3.05) is 33.7 Å². The molecule has 0 amide bonds. The molecule has 3 nitrogen and oxygen atoms in total. The van der Waals surface area contributed by atoms with Gasteiger partial charge >= 0.3 is 0 Å². The summed E-state index contributed by atoms with van der Waals surface area (Å²) in [7, 11) is 4.40. The van der Waals surface area contributed by atoms with Crippen LogP contribution >= 0.6 is 0 Å². The molecule has 2 fully saturated rings. The van der Waals surface area contributed by atoms with Crippen LogP contribution in [0.5, 0.6) is 0 Å². The van der Waals surface area contributed by atoms with Gasteiger partial charge in [0.15, 0.2) is 0 Å². The van der Waals surface area contributed by atoms with E-state index in [0.29, 0.717) is 0 Å². The molecule has 0 bridgehead atoms. The zero-order valence-corrected chi connectivity index (χ0v) is 9.66. The third-order valence-electron chi connectivity index (χ3n) is 3.89. The van der Waals surface area contributed by atoms with Gasteiger partial charge in [-0.05, 0) is 40.4 Å². The molecule has 82 valence electrons. The summed E-state index contributed by atoms with van der Waals surface area (Å²) in [4.78, 5) is 5.01. The quantitative estimate of drug-likeness (QED) is 0.705. The fraction of sp³-hybridized carbons (Fsp3) is 1.00. The van der Waals surface area contributed by atoms with Gasteiger partial charge in [-0.1, -0.05) is 0 Å². The van der Waals surface area contributed by atoms with Crippen molar-refractivity contribution in [1.82, 2.24) is 15.1 Å². The van der Waals surface area contributed by atoms with Crippen molar-refractivity contribution in [3.05, 3.63) is 0 Å². The zero-order valence-electron chi connectivity index (χ0n) is 9.66. The van der Waals surface area contributed by atoms with Crippen molar-refractivity contribution in [3.63, 3.8) is 0 Å². The summed E-state index contributed by atoms with van der Waals surface area (Å²) in [5, 5.41) is 3.48. The first kappa shape index (κ1) is 10.4. The zero-order chi connectivity index (χ0) is 10.1. The number of nitrogens with zero attached hydrogens (tertiary/aromatic N) is 2. The average Bonchev–Trinajstić information content (AvgIpc) is 2.40. The number of hydrogen-bond acceptors (Lipinski definition) is 3. The minimum absolute atomic E-state index is 0.729. The molecule has 3 unspecified atom stereocenters. The van der Waals surface area contributed by atoms with Crippen LogP contribution in [0.4, 0.5) is 0 Å². The van der Waals surface area contributed by atoms with E-state index in [1.54, 1.807) is 0 Å². The molecule has 14 heavy (non-hydrogen) atoms. The van der Waals surface area contributed by atoms with E-state index < -0.39 is 0 Å². The first-order valence-electron chi connectivity index (χ1n) is 5.82. The maximum atomic E-state index is 3.48. The molecule has 3 heteroatoms. The highest BCUT2D eigenvalue weighted by molar-refractivity contribution is 4.92. The van der Waals surface area contributed by atoms with Crippen LogP contribution in [0.3, 0.4) is 0 Å². The van der Waals surface area contributed by atoms with E-state index in [4.69, 9.17) is 0 Å². The third-order valence-corrected chi connectivity index (χ3v) is 3.89. The SMILES string of the molecule is CC1C(N(C)C)CCN1CC1CCN1. The molecular formula is C11H23N3. The molecule has 2 aliphatic heterocycles. The van der Waals surface area contributed by atoms with E-state index in [1.165, 1.54) is 32.5 Å². The molecule has 0 aromatic carbocycles. The Hall–Kier alpha value is -0.120. The van der Waals surface area contributed by atoms with E-state index in [1.807, 2.05) is 0 Å². The first-order valence-corrected chi connectivity index (χ1v) is 5.82. The van der Waals surface area contributed by atoms with Crippen LogP contribution in [0.1, 0.15) is 19.8 Å². The molecule has 2 heterocycles. The molecule has 1 N–H and O–H groups in total. The van der Waals surface area contributed by atoms with Crippen molar-refractivity contribution in [3.8, 4) is 0 Å². The summed E-state index contributed by atoms with van der Waals surface area (Å²) in [6.45, 7) is 6.13. The second-order valence-corrected chi connectivity index (χ2v) is 4.99. The summed E-state index contributed by atoms with van der Waals surface area (Å²) in [5.74, 6) is 0. The lowest BCUT2D eigenvalue weighted by atomic mass is 10.1. The highest BCUT2D eigenvalue weighted by Crippen LogP contribution is 2.22. The Morgan fingerprint density at radius 3 is 2.50 bits per heavy atom. The molecule has 0 aromatic heterocycles. The maximum absolute atomic E-state index is 3.48. The predicted octanol–water partition coefficient (Wildman–Crippen LogP) is 0.373. The van der Waals surface area contributed by atoms with Crippen LogP contribution in [0.2, 0.25) is 0 Å². The molecule has 0 spiro atoms. The average molecular weight is 197 g/mol. The molecule has 0 aromatic rings. The van der Waals surface area contributed by atoms with E-state index in [9.17, 15) is 0 Å². The van der Waals surface area contributed by atoms with Crippen LogP contribution < -0.4 is 5.32 Å². The minimum Gasteiger partial charge on any atom is -0.313 e. The van der Waals surface area contributed by atoms with Gasteiger partial charge in [-0.3, -0.25) is 4.90 Å². The molecule has 2 aliphatic rings. The van der Waals surface area contributed by atoms with Crippen molar-refractivity contribution < 1.29 is 0 Å². The van der Waals surface area contributed by atoms with Crippen LogP contribution in [0.25, 0.3) is 0 Å².